The van der Waals surface area contributed by atoms with E-state index in [1.165, 1.54) is 25.5 Å². The van der Waals surface area contributed by atoms with Gasteiger partial charge in [-0.3, -0.25) is 19.4 Å². The summed E-state index contributed by atoms with van der Waals surface area (Å²) < 4.78 is 0. The van der Waals surface area contributed by atoms with Crippen molar-refractivity contribution in [3.63, 3.8) is 0 Å². The van der Waals surface area contributed by atoms with Gasteiger partial charge >= 0.3 is 0 Å². The zero-order chi connectivity index (χ0) is 21.5. The number of rotatable bonds is 6. The van der Waals surface area contributed by atoms with E-state index >= 15 is 0 Å². The van der Waals surface area contributed by atoms with Crippen molar-refractivity contribution in [1.82, 2.24) is 25.5 Å². The Labute approximate surface area is 176 Å². The molecular weight excluding hydrogens is 382 g/mol. The van der Waals surface area contributed by atoms with Crippen molar-refractivity contribution in [3.8, 4) is 0 Å². The summed E-state index contributed by atoms with van der Waals surface area (Å²) in [7, 11) is 0. The highest BCUT2D eigenvalue weighted by molar-refractivity contribution is 5.92. The van der Waals surface area contributed by atoms with Gasteiger partial charge < -0.3 is 15.5 Å². The standard InChI is InChI=1S/C22H27N5O3/c1-15-4-3-5-17(12-15)13-19(25-16(2)28)21(29)26-18-6-10-27(11-7-18)22(30)20-14-23-8-9-24-20/h3-5,8-9,12,14,18-19H,6-7,10-11,13H2,1-2H3,(H,25,28)(H,26,29). The van der Waals surface area contributed by atoms with Crippen molar-refractivity contribution < 1.29 is 14.4 Å². The summed E-state index contributed by atoms with van der Waals surface area (Å²) in [6.45, 7) is 4.46. The van der Waals surface area contributed by atoms with Crippen LogP contribution < -0.4 is 10.6 Å². The maximum atomic E-state index is 12.8. The monoisotopic (exact) mass is 409 g/mol. The molecule has 2 N–H and O–H groups in total. The van der Waals surface area contributed by atoms with Crippen molar-refractivity contribution in [2.24, 2.45) is 0 Å². The zero-order valence-corrected chi connectivity index (χ0v) is 17.3. The van der Waals surface area contributed by atoms with E-state index in [0.717, 1.165) is 11.1 Å². The van der Waals surface area contributed by atoms with E-state index in [9.17, 15) is 14.4 Å². The van der Waals surface area contributed by atoms with E-state index in [0.29, 0.717) is 38.0 Å². The molecule has 158 valence electrons. The van der Waals surface area contributed by atoms with Gasteiger partial charge in [0.1, 0.15) is 11.7 Å². The number of carbonyl (C=O) groups is 3. The molecule has 0 bridgehead atoms. The van der Waals surface area contributed by atoms with E-state index < -0.39 is 6.04 Å². The van der Waals surface area contributed by atoms with Crippen molar-refractivity contribution in [3.05, 3.63) is 59.7 Å². The molecule has 1 unspecified atom stereocenters. The Kier molecular flexibility index (Phi) is 7.11. The fraction of sp³-hybridized carbons (Fsp3) is 0.409. The highest BCUT2D eigenvalue weighted by atomic mass is 16.2. The minimum Gasteiger partial charge on any atom is -0.351 e. The van der Waals surface area contributed by atoms with Gasteiger partial charge in [-0.15, -0.1) is 0 Å². The Bertz CT molecular complexity index is 895. The van der Waals surface area contributed by atoms with Crippen LogP contribution in [0.15, 0.2) is 42.9 Å². The molecule has 8 nitrogen and oxygen atoms in total. The van der Waals surface area contributed by atoms with Crippen LogP contribution in [0, 0.1) is 6.92 Å². The van der Waals surface area contributed by atoms with Gasteiger partial charge in [0.2, 0.25) is 11.8 Å². The lowest BCUT2D eigenvalue weighted by Gasteiger charge is -2.33. The molecule has 1 aromatic carbocycles. The summed E-state index contributed by atoms with van der Waals surface area (Å²) in [5, 5.41) is 5.79. The summed E-state index contributed by atoms with van der Waals surface area (Å²) in [6, 6.07) is 7.22. The molecule has 1 fully saturated rings. The number of hydrogen-bond donors (Lipinski definition) is 2. The highest BCUT2D eigenvalue weighted by Crippen LogP contribution is 2.14. The Morgan fingerprint density at radius 3 is 2.60 bits per heavy atom. The number of aryl methyl sites for hydroxylation is 1. The van der Waals surface area contributed by atoms with Crippen molar-refractivity contribution >= 4 is 17.7 Å². The maximum absolute atomic E-state index is 12.8. The van der Waals surface area contributed by atoms with Gasteiger partial charge in [0.05, 0.1) is 6.20 Å². The molecule has 0 spiro atoms. The number of nitrogens with one attached hydrogen (secondary N) is 2. The molecule has 3 rings (SSSR count). The largest absolute Gasteiger partial charge is 0.351 e. The molecule has 1 aromatic heterocycles. The first kappa shape index (κ1) is 21.4. The molecule has 30 heavy (non-hydrogen) atoms. The molecule has 8 heteroatoms. The number of piperidine rings is 1. The van der Waals surface area contributed by atoms with Crippen LogP contribution in [-0.2, 0) is 16.0 Å². The summed E-state index contributed by atoms with van der Waals surface area (Å²) in [4.78, 5) is 46.7. The van der Waals surface area contributed by atoms with Crippen LogP contribution in [0.5, 0.6) is 0 Å². The highest BCUT2D eigenvalue weighted by Gasteiger charge is 2.28. The first-order chi connectivity index (χ1) is 14.4. The number of carbonyl (C=O) groups excluding carboxylic acids is 3. The summed E-state index contributed by atoms with van der Waals surface area (Å²) in [5.74, 6) is -0.596. The number of likely N-dealkylation sites (tertiary alicyclic amines) is 1. The van der Waals surface area contributed by atoms with Crippen molar-refractivity contribution in [1.29, 1.82) is 0 Å². The SMILES string of the molecule is CC(=O)NC(Cc1cccc(C)c1)C(=O)NC1CCN(C(=O)c2cnccn2)CC1. The second kappa shape index (κ2) is 9.96. The van der Waals surface area contributed by atoms with Crippen molar-refractivity contribution in [2.75, 3.05) is 13.1 Å². The summed E-state index contributed by atoms with van der Waals surface area (Å²) in [6.07, 6.45) is 6.21. The van der Waals surface area contributed by atoms with Gasteiger partial charge in [-0.05, 0) is 25.3 Å². The second-order valence-corrected chi connectivity index (χ2v) is 7.61. The topological polar surface area (TPSA) is 104 Å². The molecule has 2 aromatic rings. The van der Waals surface area contributed by atoms with E-state index in [1.54, 1.807) is 4.90 Å². The molecule has 0 saturated carbocycles. The average Bonchev–Trinajstić information content (AvgIpc) is 2.73. The van der Waals surface area contributed by atoms with Crippen LogP contribution in [-0.4, -0.2) is 57.8 Å². The number of nitrogens with zero attached hydrogens (tertiary/aromatic N) is 3. The van der Waals surface area contributed by atoms with E-state index in [2.05, 4.69) is 20.6 Å². The average molecular weight is 409 g/mol. The van der Waals surface area contributed by atoms with E-state index in [-0.39, 0.29) is 23.8 Å². The number of aromatic nitrogens is 2. The third kappa shape index (κ3) is 5.85. The van der Waals surface area contributed by atoms with E-state index in [4.69, 9.17) is 0 Å². The van der Waals surface area contributed by atoms with Crippen LogP contribution in [0.2, 0.25) is 0 Å². The van der Waals surface area contributed by atoms with Crippen molar-refractivity contribution in [2.45, 2.75) is 45.2 Å². The smallest absolute Gasteiger partial charge is 0.274 e. The molecule has 3 amide bonds. The fourth-order valence-corrected chi connectivity index (χ4v) is 3.63. The first-order valence-electron chi connectivity index (χ1n) is 10.1. The predicted octanol–water partition coefficient (Wildman–Crippen LogP) is 1.25. The minimum absolute atomic E-state index is 0.0443. The molecule has 1 saturated heterocycles. The molecule has 2 heterocycles. The number of hydrogen-bond acceptors (Lipinski definition) is 5. The molecule has 0 aliphatic carbocycles. The number of amides is 3. The van der Waals surface area contributed by atoms with Crippen LogP contribution in [0.25, 0.3) is 0 Å². The van der Waals surface area contributed by atoms with E-state index in [1.807, 2.05) is 31.2 Å². The third-order valence-electron chi connectivity index (χ3n) is 5.13. The molecule has 1 aliphatic rings. The van der Waals surface area contributed by atoms with Crippen LogP contribution >= 0.6 is 0 Å². The van der Waals surface area contributed by atoms with Gasteiger partial charge in [0.15, 0.2) is 0 Å². The second-order valence-electron chi connectivity index (χ2n) is 7.61. The minimum atomic E-state index is -0.636. The summed E-state index contributed by atoms with van der Waals surface area (Å²) in [5.41, 5.74) is 2.42. The van der Waals surface area contributed by atoms with Crippen LogP contribution in [0.1, 0.15) is 41.4 Å². The van der Waals surface area contributed by atoms with Gasteiger partial charge in [0, 0.05) is 44.9 Å². The quantitative estimate of drug-likeness (QED) is 0.747. The normalized spacial score (nSPS) is 15.3. The Morgan fingerprint density at radius 2 is 1.97 bits per heavy atom. The molecule has 1 aliphatic heterocycles. The van der Waals surface area contributed by atoms with Gasteiger partial charge in [-0.1, -0.05) is 29.8 Å². The molecule has 1 atom stereocenters. The lowest BCUT2D eigenvalue weighted by molar-refractivity contribution is -0.128. The Balaban J connectivity index is 1.56. The fourth-order valence-electron chi connectivity index (χ4n) is 3.63. The maximum Gasteiger partial charge on any atom is 0.274 e. The third-order valence-corrected chi connectivity index (χ3v) is 5.13. The zero-order valence-electron chi connectivity index (χ0n) is 17.3. The Hall–Kier alpha value is -3.29. The lowest BCUT2D eigenvalue weighted by Crippen LogP contribution is -2.53. The van der Waals surface area contributed by atoms with Gasteiger partial charge in [-0.25, -0.2) is 4.98 Å². The first-order valence-corrected chi connectivity index (χ1v) is 10.1. The molecular formula is C22H27N5O3. The van der Waals surface area contributed by atoms with Gasteiger partial charge in [-0.2, -0.15) is 0 Å². The predicted molar refractivity (Wildman–Crippen MR) is 112 cm³/mol. The lowest BCUT2D eigenvalue weighted by atomic mass is 10.0. The Morgan fingerprint density at radius 1 is 1.20 bits per heavy atom. The van der Waals surface area contributed by atoms with Gasteiger partial charge in [0.25, 0.3) is 5.91 Å². The van der Waals surface area contributed by atoms with Crippen LogP contribution in [0.3, 0.4) is 0 Å². The summed E-state index contributed by atoms with van der Waals surface area (Å²) >= 11 is 0. The molecule has 0 radical (unpaired) electrons. The van der Waals surface area contributed by atoms with Crippen LogP contribution in [0.4, 0.5) is 0 Å². The number of benzene rings is 1.